The first-order chi connectivity index (χ1) is 10.2. The third-order valence-electron chi connectivity index (χ3n) is 2.57. The van der Waals surface area contributed by atoms with Gasteiger partial charge in [-0.15, -0.1) is 9.35 Å². The maximum atomic E-state index is 12.3. The summed E-state index contributed by atoms with van der Waals surface area (Å²) in [5, 5.41) is 0.544. The summed E-state index contributed by atoms with van der Waals surface area (Å²) in [7, 11) is -1.59. The van der Waals surface area contributed by atoms with Crippen molar-refractivity contribution in [2.24, 2.45) is 0 Å². The van der Waals surface area contributed by atoms with Crippen LogP contribution < -0.4 is 4.74 Å². The molecule has 1 rings (SSSR count). The Morgan fingerprint density at radius 3 is 2.09 bits per heavy atom. The second-order valence-electron chi connectivity index (χ2n) is 4.74. The van der Waals surface area contributed by atoms with Gasteiger partial charge >= 0.3 is 7.60 Å². The molecular formula is C13H18ClO7P. The summed E-state index contributed by atoms with van der Waals surface area (Å²) in [6, 6.07) is 6.50. The number of hydrogen-bond acceptors (Lipinski definition) is 7. The predicted molar refractivity (Wildman–Crippen MR) is 79.8 cm³/mol. The van der Waals surface area contributed by atoms with E-state index in [1.54, 1.807) is 24.3 Å². The highest BCUT2D eigenvalue weighted by molar-refractivity contribution is 7.54. The summed E-state index contributed by atoms with van der Waals surface area (Å²) in [6.45, 7) is 3.07. The molecule has 1 aromatic rings. The van der Waals surface area contributed by atoms with Crippen molar-refractivity contribution in [3.63, 3.8) is 0 Å². The highest BCUT2D eigenvalue weighted by atomic mass is 35.5. The zero-order valence-electron chi connectivity index (χ0n) is 12.7. The van der Waals surface area contributed by atoms with Gasteiger partial charge < -0.3 is 4.74 Å². The van der Waals surface area contributed by atoms with E-state index in [1.807, 2.05) is 0 Å². The van der Waals surface area contributed by atoms with E-state index in [2.05, 4.69) is 19.1 Å². The minimum Gasteiger partial charge on any atom is -0.480 e. The van der Waals surface area contributed by atoms with Gasteiger partial charge in [0.15, 0.2) is 11.4 Å². The number of hydrogen-bond donors (Lipinski definition) is 0. The molecule has 0 amide bonds. The molecule has 0 atom stereocenters. The molecule has 0 aliphatic heterocycles. The van der Waals surface area contributed by atoms with Gasteiger partial charge in [-0.05, 0) is 38.1 Å². The highest BCUT2D eigenvalue weighted by Gasteiger charge is 2.39. The zero-order valence-corrected chi connectivity index (χ0v) is 14.3. The van der Waals surface area contributed by atoms with Crippen molar-refractivity contribution in [2.75, 3.05) is 20.4 Å². The van der Waals surface area contributed by atoms with Crippen LogP contribution in [-0.4, -0.2) is 31.8 Å². The maximum Gasteiger partial charge on any atom is 0.391 e. The van der Waals surface area contributed by atoms with Crippen molar-refractivity contribution in [1.29, 1.82) is 0 Å². The second-order valence-corrected chi connectivity index (χ2v) is 7.01. The Balaban J connectivity index is 2.80. The molecule has 0 heterocycles. The van der Waals surface area contributed by atoms with Gasteiger partial charge in [0.25, 0.3) is 0 Å². The Bertz CT molecular complexity index is 534. The van der Waals surface area contributed by atoms with Gasteiger partial charge in [0.05, 0.1) is 14.2 Å². The third kappa shape index (κ3) is 5.68. The standard InChI is InChI=1S/C13H18ClO7P/c1-13(2,19-11-7-5-10(14)6-8-11)12(15)9-22(16,20-17-3)21-18-4/h5-8H,9H2,1-4H3. The van der Waals surface area contributed by atoms with E-state index in [9.17, 15) is 9.36 Å². The molecule has 0 N–H and O–H groups in total. The zero-order chi connectivity index (χ0) is 16.8. The highest BCUT2D eigenvalue weighted by Crippen LogP contribution is 2.49. The Hall–Kier alpha value is -0.950. The maximum absolute atomic E-state index is 12.3. The molecule has 9 heteroatoms. The minimum atomic E-state index is -3.88. The Morgan fingerprint density at radius 1 is 1.14 bits per heavy atom. The van der Waals surface area contributed by atoms with Crippen molar-refractivity contribution in [3.8, 4) is 5.75 Å². The minimum absolute atomic E-state index is 0.443. The van der Waals surface area contributed by atoms with E-state index in [4.69, 9.17) is 16.3 Å². The fourth-order valence-corrected chi connectivity index (χ4v) is 2.96. The lowest BCUT2D eigenvalue weighted by Gasteiger charge is -2.26. The number of ether oxygens (including phenoxy) is 1. The van der Waals surface area contributed by atoms with E-state index >= 15 is 0 Å². The normalized spacial score (nSPS) is 12.2. The second kappa shape index (κ2) is 8.06. The summed E-state index contributed by atoms with van der Waals surface area (Å²) in [4.78, 5) is 21.0. The molecule has 22 heavy (non-hydrogen) atoms. The predicted octanol–water partition coefficient (Wildman–Crippen LogP) is 3.42. The van der Waals surface area contributed by atoms with E-state index in [1.165, 1.54) is 13.8 Å². The molecule has 0 saturated carbocycles. The monoisotopic (exact) mass is 352 g/mol. The first-order valence-electron chi connectivity index (χ1n) is 6.24. The van der Waals surface area contributed by atoms with Gasteiger partial charge in [-0.2, -0.15) is 0 Å². The number of benzene rings is 1. The van der Waals surface area contributed by atoms with Crippen LogP contribution >= 0.6 is 19.2 Å². The molecular weight excluding hydrogens is 335 g/mol. The summed E-state index contributed by atoms with van der Waals surface area (Å²) < 4.78 is 26.8. The number of carbonyl (C=O) groups is 1. The number of ketones is 1. The van der Waals surface area contributed by atoms with Gasteiger partial charge in [0.2, 0.25) is 0 Å². The Labute approximate surface area is 133 Å². The first kappa shape index (κ1) is 19.1. The van der Waals surface area contributed by atoms with Gasteiger partial charge in [-0.25, -0.2) is 9.78 Å². The van der Waals surface area contributed by atoms with Crippen LogP contribution in [0.25, 0.3) is 0 Å². The molecule has 0 spiro atoms. The smallest absolute Gasteiger partial charge is 0.391 e. The Morgan fingerprint density at radius 2 is 1.64 bits per heavy atom. The fourth-order valence-electron chi connectivity index (χ4n) is 1.51. The molecule has 0 unspecified atom stereocenters. The molecule has 0 aliphatic carbocycles. The molecule has 0 saturated heterocycles. The van der Waals surface area contributed by atoms with E-state index in [0.717, 1.165) is 14.2 Å². The van der Waals surface area contributed by atoms with E-state index in [0.29, 0.717) is 10.8 Å². The van der Waals surface area contributed by atoms with Gasteiger partial charge in [0, 0.05) is 5.02 Å². The lowest BCUT2D eigenvalue weighted by molar-refractivity contribution is -0.242. The van der Waals surface area contributed by atoms with Crippen LogP contribution in [0.5, 0.6) is 5.75 Å². The van der Waals surface area contributed by atoms with Crippen LogP contribution in [0.15, 0.2) is 24.3 Å². The van der Waals surface area contributed by atoms with Crippen LogP contribution in [-0.2, 0) is 28.5 Å². The summed E-state index contributed by atoms with van der Waals surface area (Å²) in [6.07, 6.45) is -0.574. The summed E-state index contributed by atoms with van der Waals surface area (Å²) >= 11 is 5.78. The number of carbonyl (C=O) groups excluding carboxylic acids is 1. The lowest BCUT2D eigenvalue weighted by atomic mass is 10.1. The van der Waals surface area contributed by atoms with Crippen molar-refractivity contribution < 1.29 is 33.2 Å². The van der Waals surface area contributed by atoms with Crippen molar-refractivity contribution >= 4 is 25.0 Å². The van der Waals surface area contributed by atoms with Crippen LogP contribution in [0.3, 0.4) is 0 Å². The van der Waals surface area contributed by atoms with Gasteiger partial charge in [-0.3, -0.25) is 9.36 Å². The molecule has 0 bridgehead atoms. The van der Waals surface area contributed by atoms with Crippen molar-refractivity contribution in [3.05, 3.63) is 29.3 Å². The Kier molecular flexibility index (Phi) is 6.99. The largest absolute Gasteiger partial charge is 0.480 e. The topological polar surface area (TPSA) is 80.3 Å². The molecule has 1 aromatic carbocycles. The lowest BCUT2D eigenvalue weighted by Crippen LogP contribution is -2.40. The van der Waals surface area contributed by atoms with E-state index < -0.39 is 25.1 Å². The van der Waals surface area contributed by atoms with Crippen LogP contribution in [0, 0.1) is 0 Å². The quantitative estimate of drug-likeness (QED) is 0.382. The van der Waals surface area contributed by atoms with Gasteiger partial charge in [-0.1, -0.05) is 11.6 Å². The van der Waals surface area contributed by atoms with Gasteiger partial charge in [0.1, 0.15) is 11.9 Å². The third-order valence-corrected chi connectivity index (χ3v) is 4.25. The molecule has 0 radical (unpaired) electrons. The molecule has 0 aliphatic rings. The van der Waals surface area contributed by atoms with Crippen LogP contribution in [0.2, 0.25) is 5.02 Å². The first-order valence-corrected chi connectivity index (χ1v) is 8.35. The van der Waals surface area contributed by atoms with Crippen LogP contribution in [0.1, 0.15) is 13.8 Å². The van der Waals surface area contributed by atoms with Crippen LogP contribution in [0.4, 0.5) is 0 Å². The molecule has 124 valence electrons. The van der Waals surface area contributed by atoms with Crippen molar-refractivity contribution in [2.45, 2.75) is 19.4 Å². The number of Topliss-reactive ketones (excluding diaryl/α,β-unsaturated/α-hetero) is 1. The SMILES string of the molecule is COOP(=O)(CC(=O)C(C)(C)Oc1ccc(Cl)cc1)OOC. The fraction of sp³-hybridized carbons (Fsp3) is 0.462. The number of halogens is 1. The van der Waals surface area contributed by atoms with Crippen molar-refractivity contribution in [1.82, 2.24) is 0 Å². The summed E-state index contributed by atoms with van der Waals surface area (Å²) in [5.41, 5.74) is -1.27. The average Bonchev–Trinajstić information content (AvgIpc) is 2.41. The summed E-state index contributed by atoms with van der Waals surface area (Å²) in [5.74, 6) is -0.0715. The molecule has 0 aromatic heterocycles. The average molecular weight is 353 g/mol. The van der Waals surface area contributed by atoms with E-state index in [-0.39, 0.29) is 0 Å². The molecule has 7 nitrogen and oxygen atoms in total. The molecule has 0 fully saturated rings. The number of rotatable bonds is 9.